The average molecular weight is 485 g/mol. The molecule has 0 amide bonds. The molecule has 4 aromatic carbocycles. The monoisotopic (exact) mass is 484 g/mol. The van der Waals surface area contributed by atoms with Crippen molar-refractivity contribution in [3.8, 4) is 22.3 Å². The summed E-state index contributed by atoms with van der Waals surface area (Å²) in [5.74, 6) is -0.372. The molecule has 0 saturated heterocycles. The Kier molecular flexibility index (Phi) is 7.15. The molecule has 168 valence electrons. The molecule has 0 N–H and O–H groups in total. The highest BCUT2D eigenvalue weighted by molar-refractivity contribution is 8.14. The van der Waals surface area contributed by atoms with Crippen molar-refractivity contribution in [2.75, 3.05) is 0 Å². The number of hydrogen-bond acceptors (Lipinski definition) is 4. The Hall–Kier alpha value is -3.41. The third kappa shape index (κ3) is 5.38. The van der Waals surface area contributed by atoms with Crippen LogP contribution in [0.25, 0.3) is 33.0 Å². The van der Waals surface area contributed by atoms with Crippen molar-refractivity contribution in [2.45, 2.75) is 16.7 Å². The van der Waals surface area contributed by atoms with E-state index >= 15 is 0 Å². The molecule has 0 aliphatic heterocycles. The predicted molar refractivity (Wildman–Crippen MR) is 142 cm³/mol. The van der Waals surface area contributed by atoms with Gasteiger partial charge in [0, 0.05) is 15.4 Å². The molecule has 0 aromatic heterocycles. The summed E-state index contributed by atoms with van der Waals surface area (Å²) < 4.78 is 14.8. The second-order valence-corrected chi connectivity index (χ2v) is 9.86. The third-order valence-corrected chi connectivity index (χ3v) is 7.12. The summed E-state index contributed by atoms with van der Waals surface area (Å²) in [6.07, 6.45) is 1.31. The van der Waals surface area contributed by atoms with Crippen molar-refractivity contribution in [3.63, 3.8) is 0 Å². The van der Waals surface area contributed by atoms with Crippen LogP contribution in [-0.2, 0) is 9.59 Å². The van der Waals surface area contributed by atoms with E-state index in [1.165, 1.54) is 12.1 Å². The van der Waals surface area contributed by atoms with Crippen molar-refractivity contribution >= 4 is 44.5 Å². The molecule has 0 saturated carbocycles. The SMILES string of the molecule is C=CC(=O)Sc1ccc(-c2ccc3cc(-c4ccc(SC(=O)C(=C)C)cc4F)ccc3c2)cc1. The summed E-state index contributed by atoms with van der Waals surface area (Å²) in [5.41, 5.74) is 3.79. The standard InChI is InChI=1S/C29H21FO2S2/c1-4-28(31)33-24-11-9-19(10-12-24)20-5-6-22-16-23(8-7-21(22)15-20)26-14-13-25(17-27(26)30)34-29(32)18(2)3/h4-17H,1-2H2,3H3. The van der Waals surface area contributed by atoms with Gasteiger partial charge in [-0.25, -0.2) is 4.39 Å². The lowest BCUT2D eigenvalue weighted by atomic mass is 9.97. The quantitative estimate of drug-likeness (QED) is 0.204. The van der Waals surface area contributed by atoms with Crippen molar-refractivity contribution in [2.24, 2.45) is 0 Å². The number of carbonyl (C=O) groups is 2. The van der Waals surface area contributed by atoms with Crippen LogP contribution in [0.15, 0.2) is 113 Å². The molecule has 0 heterocycles. The van der Waals surface area contributed by atoms with Gasteiger partial charge in [-0.05, 0) is 106 Å². The fourth-order valence-corrected chi connectivity index (χ4v) is 4.73. The second kappa shape index (κ2) is 10.2. The number of halogens is 1. The summed E-state index contributed by atoms with van der Waals surface area (Å²) in [5, 5.41) is 1.79. The number of rotatable bonds is 6. The van der Waals surface area contributed by atoms with E-state index in [1.54, 1.807) is 19.1 Å². The van der Waals surface area contributed by atoms with Gasteiger partial charge in [-0.1, -0.05) is 55.6 Å². The number of benzene rings is 4. The maximum absolute atomic E-state index is 14.8. The van der Waals surface area contributed by atoms with E-state index in [0.29, 0.717) is 16.0 Å². The van der Waals surface area contributed by atoms with E-state index < -0.39 is 0 Å². The van der Waals surface area contributed by atoms with Crippen LogP contribution in [0, 0.1) is 5.82 Å². The summed E-state index contributed by atoms with van der Waals surface area (Å²) in [6.45, 7) is 8.76. The van der Waals surface area contributed by atoms with Crippen LogP contribution >= 0.6 is 23.5 Å². The van der Waals surface area contributed by atoms with Gasteiger partial charge in [0.25, 0.3) is 0 Å². The van der Waals surface area contributed by atoms with E-state index in [9.17, 15) is 14.0 Å². The minimum atomic E-state index is -0.372. The highest BCUT2D eigenvalue weighted by Gasteiger charge is 2.11. The molecular formula is C29H21FO2S2. The van der Waals surface area contributed by atoms with Gasteiger partial charge < -0.3 is 0 Å². The zero-order valence-corrected chi connectivity index (χ0v) is 20.1. The molecule has 0 unspecified atom stereocenters. The topological polar surface area (TPSA) is 34.1 Å². The summed E-state index contributed by atoms with van der Waals surface area (Å²) >= 11 is 2.12. The number of hydrogen-bond donors (Lipinski definition) is 0. The lowest BCUT2D eigenvalue weighted by molar-refractivity contribution is -0.108. The first-order valence-electron chi connectivity index (χ1n) is 10.5. The van der Waals surface area contributed by atoms with Crippen LogP contribution < -0.4 is 0 Å². The van der Waals surface area contributed by atoms with E-state index in [2.05, 4.69) is 19.2 Å². The molecule has 0 bridgehead atoms. The first-order chi connectivity index (χ1) is 16.3. The van der Waals surface area contributed by atoms with E-state index in [0.717, 1.165) is 55.9 Å². The maximum Gasteiger partial charge on any atom is 0.219 e. The van der Waals surface area contributed by atoms with Crippen molar-refractivity contribution in [1.82, 2.24) is 0 Å². The van der Waals surface area contributed by atoms with Gasteiger partial charge in [-0.3, -0.25) is 9.59 Å². The molecule has 4 rings (SSSR count). The minimum absolute atomic E-state index is 0.0839. The van der Waals surface area contributed by atoms with Gasteiger partial charge in [0.05, 0.1) is 0 Å². The Morgan fingerprint density at radius 2 is 1.35 bits per heavy atom. The van der Waals surface area contributed by atoms with Crippen molar-refractivity contribution < 1.29 is 14.0 Å². The first-order valence-corrected chi connectivity index (χ1v) is 12.1. The fourth-order valence-electron chi connectivity index (χ4n) is 3.45. The highest BCUT2D eigenvalue weighted by atomic mass is 32.2. The molecule has 0 fully saturated rings. The number of fused-ring (bicyclic) bond motifs is 1. The molecule has 0 aliphatic carbocycles. The lowest BCUT2D eigenvalue weighted by Gasteiger charge is -2.09. The molecule has 5 heteroatoms. The molecule has 0 spiro atoms. The first kappa shape index (κ1) is 23.7. The highest BCUT2D eigenvalue weighted by Crippen LogP contribution is 2.32. The largest absolute Gasteiger partial charge is 0.282 e. The van der Waals surface area contributed by atoms with Gasteiger partial charge in [0.2, 0.25) is 10.2 Å². The Bertz CT molecular complexity index is 1440. The Labute approximate surface area is 206 Å². The Morgan fingerprint density at radius 1 is 0.765 bits per heavy atom. The van der Waals surface area contributed by atoms with Crippen LogP contribution in [0.4, 0.5) is 4.39 Å². The zero-order chi connectivity index (χ0) is 24.2. The maximum atomic E-state index is 14.8. The van der Waals surface area contributed by atoms with Crippen molar-refractivity contribution in [1.29, 1.82) is 0 Å². The fraction of sp³-hybridized carbons (Fsp3) is 0.0345. The van der Waals surface area contributed by atoms with E-state index in [-0.39, 0.29) is 16.0 Å². The number of thioether (sulfide) groups is 2. The number of carbonyl (C=O) groups excluding carboxylic acids is 2. The predicted octanol–water partition coefficient (Wildman–Crippen LogP) is 8.31. The van der Waals surface area contributed by atoms with Crippen LogP contribution in [0.1, 0.15) is 6.92 Å². The summed E-state index contributed by atoms with van der Waals surface area (Å²) in [6, 6.07) is 24.6. The van der Waals surface area contributed by atoms with Crippen molar-refractivity contribution in [3.05, 3.63) is 109 Å². The molecule has 2 nitrogen and oxygen atoms in total. The zero-order valence-electron chi connectivity index (χ0n) is 18.5. The van der Waals surface area contributed by atoms with Gasteiger partial charge in [0.15, 0.2) is 0 Å². The smallest absolute Gasteiger partial charge is 0.219 e. The average Bonchev–Trinajstić information content (AvgIpc) is 2.84. The van der Waals surface area contributed by atoms with Crippen LogP contribution in [0.3, 0.4) is 0 Å². The molecule has 0 aliphatic rings. The summed E-state index contributed by atoms with van der Waals surface area (Å²) in [7, 11) is 0. The van der Waals surface area contributed by atoms with E-state index in [4.69, 9.17) is 0 Å². The van der Waals surface area contributed by atoms with E-state index in [1.807, 2.05) is 54.6 Å². The van der Waals surface area contributed by atoms with Gasteiger partial charge in [0.1, 0.15) is 5.82 Å². The van der Waals surface area contributed by atoms with Crippen LogP contribution in [0.2, 0.25) is 0 Å². The van der Waals surface area contributed by atoms with Crippen LogP contribution in [0.5, 0.6) is 0 Å². The normalized spacial score (nSPS) is 10.8. The van der Waals surface area contributed by atoms with Gasteiger partial charge in [-0.2, -0.15) is 0 Å². The van der Waals surface area contributed by atoms with Gasteiger partial charge in [-0.15, -0.1) is 0 Å². The lowest BCUT2D eigenvalue weighted by Crippen LogP contribution is -1.92. The Balaban J connectivity index is 1.58. The molecular weight excluding hydrogens is 463 g/mol. The van der Waals surface area contributed by atoms with Gasteiger partial charge >= 0.3 is 0 Å². The molecule has 4 aromatic rings. The van der Waals surface area contributed by atoms with Crippen LogP contribution in [-0.4, -0.2) is 10.2 Å². The third-order valence-electron chi connectivity index (χ3n) is 5.22. The Morgan fingerprint density at radius 3 is 1.97 bits per heavy atom. The minimum Gasteiger partial charge on any atom is -0.282 e. The molecule has 34 heavy (non-hydrogen) atoms. The molecule has 0 radical (unpaired) electrons. The molecule has 0 atom stereocenters. The summed E-state index contributed by atoms with van der Waals surface area (Å²) in [4.78, 5) is 24.8. The second-order valence-electron chi connectivity index (χ2n) is 7.74.